The van der Waals surface area contributed by atoms with Gasteiger partial charge < -0.3 is 9.47 Å². The van der Waals surface area contributed by atoms with E-state index in [0.29, 0.717) is 6.61 Å². The van der Waals surface area contributed by atoms with Gasteiger partial charge in [0.2, 0.25) is 5.88 Å². The molecule has 5 rings (SSSR count). The van der Waals surface area contributed by atoms with Gasteiger partial charge in [-0.05, 0) is 22.8 Å². The zero-order valence-electron chi connectivity index (χ0n) is 17.1. The van der Waals surface area contributed by atoms with Crippen LogP contribution in [0.1, 0.15) is 16.7 Å². The molecule has 2 aliphatic heterocycles. The fourth-order valence-electron chi connectivity index (χ4n) is 4.76. The Morgan fingerprint density at radius 2 is 1.33 bits per heavy atom. The minimum Gasteiger partial charge on any atom is -0.471 e. The quantitative estimate of drug-likeness (QED) is 0.575. The van der Waals surface area contributed by atoms with Crippen LogP contribution in [0.15, 0.2) is 103 Å². The average molecular weight is 399 g/mol. The monoisotopic (exact) mass is 398 g/mol. The van der Waals surface area contributed by atoms with Crippen LogP contribution >= 0.6 is 0 Å². The van der Waals surface area contributed by atoms with Crippen LogP contribution in [0.25, 0.3) is 0 Å². The second kappa shape index (κ2) is 7.98. The number of benzene rings is 3. The summed E-state index contributed by atoms with van der Waals surface area (Å²) in [6, 6.07) is 32.3. The molecule has 0 bridgehead atoms. The van der Waals surface area contributed by atoms with Crippen LogP contribution in [0.3, 0.4) is 0 Å². The van der Waals surface area contributed by atoms with Crippen molar-refractivity contribution in [2.75, 3.05) is 26.8 Å². The zero-order valence-corrected chi connectivity index (χ0v) is 17.1. The summed E-state index contributed by atoms with van der Waals surface area (Å²) < 4.78 is 11.5. The molecule has 3 aromatic rings. The van der Waals surface area contributed by atoms with E-state index >= 15 is 0 Å². The smallest absolute Gasteiger partial charge is 0.201 e. The summed E-state index contributed by atoms with van der Waals surface area (Å²) in [7, 11) is 1.72. The van der Waals surface area contributed by atoms with Gasteiger partial charge in [0.1, 0.15) is 11.6 Å². The molecule has 0 saturated carbocycles. The van der Waals surface area contributed by atoms with Crippen LogP contribution in [0, 0.1) is 0 Å². The molecule has 1 saturated heterocycles. The van der Waals surface area contributed by atoms with E-state index in [2.05, 4.69) is 107 Å². The van der Waals surface area contributed by atoms with Gasteiger partial charge in [-0.2, -0.15) is 5.01 Å². The summed E-state index contributed by atoms with van der Waals surface area (Å²) in [5.74, 6) is 0.921. The molecule has 1 unspecified atom stereocenters. The standard InChI is InChI=1S/C26H26N2O2/c1-29-20-24-19-27-25(30-24)17-18-28(27)26(21-11-5-2-6-12-21,22-13-7-3-8-14-22)23-15-9-4-10-16-23/h2-17,24H,18-20H2,1H3. The molecule has 4 heteroatoms. The molecule has 0 N–H and O–H groups in total. The van der Waals surface area contributed by atoms with Crippen molar-refractivity contribution >= 4 is 0 Å². The first kappa shape index (κ1) is 18.9. The predicted octanol–water partition coefficient (Wildman–Crippen LogP) is 4.40. The summed E-state index contributed by atoms with van der Waals surface area (Å²) in [4.78, 5) is 0. The third-order valence-corrected chi connectivity index (χ3v) is 5.96. The lowest BCUT2D eigenvalue weighted by molar-refractivity contribution is -0.0247. The molecule has 0 aliphatic carbocycles. The van der Waals surface area contributed by atoms with Crippen molar-refractivity contribution in [2.24, 2.45) is 0 Å². The third-order valence-electron chi connectivity index (χ3n) is 5.96. The highest BCUT2D eigenvalue weighted by Crippen LogP contribution is 2.46. The lowest BCUT2D eigenvalue weighted by Gasteiger charge is -2.46. The van der Waals surface area contributed by atoms with Crippen LogP contribution in [-0.2, 0) is 15.0 Å². The maximum absolute atomic E-state index is 6.18. The van der Waals surface area contributed by atoms with E-state index in [-0.39, 0.29) is 6.10 Å². The van der Waals surface area contributed by atoms with Crippen LogP contribution in [0.5, 0.6) is 0 Å². The molecule has 1 fully saturated rings. The van der Waals surface area contributed by atoms with Crippen molar-refractivity contribution in [2.45, 2.75) is 11.6 Å². The van der Waals surface area contributed by atoms with Gasteiger partial charge in [0.25, 0.3) is 0 Å². The topological polar surface area (TPSA) is 24.9 Å². The second-order valence-corrected chi connectivity index (χ2v) is 7.71. The number of ether oxygens (including phenoxy) is 2. The summed E-state index contributed by atoms with van der Waals surface area (Å²) in [6.45, 7) is 2.12. The van der Waals surface area contributed by atoms with Gasteiger partial charge in [0.15, 0.2) is 0 Å². The molecule has 3 aromatic carbocycles. The van der Waals surface area contributed by atoms with E-state index in [0.717, 1.165) is 19.0 Å². The van der Waals surface area contributed by atoms with E-state index < -0.39 is 5.54 Å². The van der Waals surface area contributed by atoms with Gasteiger partial charge >= 0.3 is 0 Å². The maximum Gasteiger partial charge on any atom is 0.201 e. The number of nitrogens with zero attached hydrogens (tertiary/aromatic N) is 2. The predicted molar refractivity (Wildman–Crippen MR) is 117 cm³/mol. The molecule has 0 spiro atoms. The van der Waals surface area contributed by atoms with Crippen molar-refractivity contribution in [3.05, 3.63) is 120 Å². The Kier molecular flexibility index (Phi) is 5.03. The minimum absolute atomic E-state index is 0.0315. The average Bonchev–Trinajstić information content (AvgIpc) is 3.38. The van der Waals surface area contributed by atoms with Gasteiger partial charge in [-0.25, -0.2) is 0 Å². The molecule has 152 valence electrons. The molecular weight excluding hydrogens is 372 g/mol. The maximum atomic E-state index is 6.18. The Balaban J connectivity index is 1.71. The molecule has 30 heavy (non-hydrogen) atoms. The highest BCUT2D eigenvalue weighted by atomic mass is 16.6. The van der Waals surface area contributed by atoms with Crippen molar-refractivity contribution < 1.29 is 9.47 Å². The number of rotatable bonds is 6. The molecular formula is C26H26N2O2. The number of fused-ring (bicyclic) bond motifs is 1. The third kappa shape index (κ3) is 3.00. The Bertz CT molecular complexity index is 908. The molecule has 4 nitrogen and oxygen atoms in total. The Morgan fingerprint density at radius 3 is 1.80 bits per heavy atom. The summed E-state index contributed by atoms with van der Waals surface area (Å²) in [5, 5.41) is 4.73. The van der Waals surface area contributed by atoms with E-state index in [1.807, 2.05) is 0 Å². The number of hydrazine groups is 1. The molecule has 0 aromatic heterocycles. The summed E-state index contributed by atoms with van der Waals surface area (Å²) in [6.07, 6.45) is 2.21. The Hall–Kier alpha value is -3.08. The fourth-order valence-corrected chi connectivity index (χ4v) is 4.76. The van der Waals surface area contributed by atoms with E-state index in [1.165, 1.54) is 16.7 Å². The number of hydrogen-bond acceptors (Lipinski definition) is 4. The number of methoxy groups -OCH3 is 1. The van der Waals surface area contributed by atoms with Gasteiger partial charge in [0, 0.05) is 13.7 Å². The van der Waals surface area contributed by atoms with E-state index in [1.54, 1.807) is 7.11 Å². The SMILES string of the molecule is COCC1CN2C(=CCN2C(c2ccccc2)(c2ccccc2)c2ccccc2)O1. The summed E-state index contributed by atoms with van der Waals surface area (Å²) in [5.41, 5.74) is 3.21. The largest absolute Gasteiger partial charge is 0.471 e. The van der Waals surface area contributed by atoms with Crippen molar-refractivity contribution in [1.29, 1.82) is 0 Å². The summed E-state index contributed by atoms with van der Waals surface area (Å²) >= 11 is 0. The molecule has 0 radical (unpaired) electrons. The van der Waals surface area contributed by atoms with Gasteiger partial charge in [0.05, 0.1) is 13.2 Å². The van der Waals surface area contributed by atoms with Gasteiger partial charge in [-0.15, -0.1) is 0 Å². The van der Waals surface area contributed by atoms with E-state index in [4.69, 9.17) is 9.47 Å². The van der Waals surface area contributed by atoms with Gasteiger partial charge in [-0.3, -0.25) is 5.01 Å². The normalized spacial score (nSPS) is 18.8. The first-order chi connectivity index (χ1) is 14.8. The van der Waals surface area contributed by atoms with Crippen LogP contribution in [-0.4, -0.2) is 42.9 Å². The highest BCUT2D eigenvalue weighted by Gasteiger charge is 2.49. The van der Waals surface area contributed by atoms with Crippen LogP contribution < -0.4 is 0 Å². The molecule has 2 aliphatic rings. The fraction of sp³-hybridized carbons (Fsp3) is 0.231. The second-order valence-electron chi connectivity index (χ2n) is 7.71. The molecule has 0 amide bonds. The molecule has 1 atom stereocenters. The number of hydrogen-bond donors (Lipinski definition) is 0. The zero-order chi connectivity index (χ0) is 20.4. The van der Waals surface area contributed by atoms with Crippen LogP contribution in [0.2, 0.25) is 0 Å². The lowest BCUT2D eigenvalue weighted by atomic mass is 9.76. The van der Waals surface area contributed by atoms with Crippen molar-refractivity contribution in [3.8, 4) is 0 Å². The van der Waals surface area contributed by atoms with Gasteiger partial charge in [-0.1, -0.05) is 91.0 Å². The first-order valence-electron chi connectivity index (χ1n) is 10.4. The Morgan fingerprint density at radius 1 is 0.833 bits per heavy atom. The molecule has 2 heterocycles. The van der Waals surface area contributed by atoms with Crippen molar-refractivity contribution in [1.82, 2.24) is 10.0 Å². The van der Waals surface area contributed by atoms with E-state index in [9.17, 15) is 0 Å². The highest BCUT2D eigenvalue weighted by molar-refractivity contribution is 5.50. The lowest BCUT2D eigenvalue weighted by Crippen LogP contribution is -2.53. The van der Waals surface area contributed by atoms with Crippen molar-refractivity contribution in [3.63, 3.8) is 0 Å². The minimum atomic E-state index is -0.479. The van der Waals surface area contributed by atoms with Crippen LogP contribution in [0.4, 0.5) is 0 Å². The Labute approximate surface area is 177 Å². The first-order valence-corrected chi connectivity index (χ1v) is 10.4.